The molecule has 1 fully saturated rings. The minimum atomic E-state index is -0.453. The molecule has 0 unspecified atom stereocenters. The van der Waals surface area contributed by atoms with E-state index in [2.05, 4.69) is 13.8 Å². The Bertz CT molecular complexity index is 1490. The predicted molar refractivity (Wildman–Crippen MR) is 158 cm³/mol. The number of nitrogens with zero attached hydrogens (tertiary/aromatic N) is 2. The Morgan fingerprint density at radius 3 is 2.51 bits per heavy atom. The molecule has 9 nitrogen and oxygen atoms in total. The number of ether oxygens (including phenoxy) is 3. The third-order valence-electron chi connectivity index (χ3n) is 6.32. The van der Waals surface area contributed by atoms with E-state index >= 15 is 0 Å². The highest BCUT2D eigenvalue weighted by Crippen LogP contribution is 2.35. The molecule has 0 aromatic heterocycles. The molecular weight excluding hydrogens is 544 g/mol. The molecule has 214 valence electrons. The summed E-state index contributed by atoms with van der Waals surface area (Å²) in [7, 11) is 0. The molecule has 0 atom stereocenters. The maximum absolute atomic E-state index is 13.1. The second-order valence-electron chi connectivity index (χ2n) is 9.73. The van der Waals surface area contributed by atoms with Crippen molar-refractivity contribution in [3.05, 3.63) is 97.9 Å². The Hall–Kier alpha value is -4.31. The van der Waals surface area contributed by atoms with Crippen molar-refractivity contribution in [2.45, 2.75) is 40.2 Å². The fourth-order valence-corrected chi connectivity index (χ4v) is 5.12. The monoisotopic (exact) mass is 576 g/mol. The lowest BCUT2D eigenvalue weighted by Gasteiger charge is -2.17. The van der Waals surface area contributed by atoms with Gasteiger partial charge in [0.2, 0.25) is 0 Å². The zero-order valence-electron chi connectivity index (χ0n) is 23.4. The lowest BCUT2D eigenvalue weighted by molar-refractivity contribution is -0.384. The van der Waals surface area contributed by atoms with Crippen LogP contribution in [0.1, 0.15) is 48.9 Å². The Labute approximate surface area is 243 Å². The zero-order chi connectivity index (χ0) is 29.5. The highest BCUT2D eigenvalue weighted by Gasteiger charge is 2.35. The number of non-ortho nitro benzene ring substituents is 1. The second kappa shape index (κ2) is 13.4. The van der Waals surface area contributed by atoms with Crippen LogP contribution < -0.4 is 14.2 Å². The number of amides is 2. The molecule has 4 rings (SSSR count). The first-order chi connectivity index (χ1) is 19.7. The summed E-state index contributed by atoms with van der Waals surface area (Å²) in [6.45, 7) is 8.84. The molecule has 0 N–H and O–H groups in total. The zero-order valence-corrected chi connectivity index (χ0v) is 24.2. The van der Waals surface area contributed by atoms with Crippen LogP contribution in [0.15, 0.2) is 65.6 Å². The number of benzene rings is 3. The van der Waals surface area contributed by atoms with Crippen LogP contribution in [0.4, 0.5) is 10.5 Å². The van der Waals surface area contributed by atoms with Gasteiger partial charge in [0.25, 0.3) is 16.8 Å². The normalized spacial score (nSPS) is 14.2. The minimum Gasteiger partial charge on any atom is -0.491 e. The van der Waals surface area contributed by atoms with E-state index in [1.54, 1.807) is 36.4 Å². The maximum Gasteiger partial charge on any atom is 0.293 e. The topological polar surface area (TPSA) is 108 Å². The number of carbonyl (C=O) groups is 2. The summed E-state index contributed by atoms with van der Waals surface area (Å²) in [5, 5.41) is 10.7. The third kappa shape index (κ3) is 7.46. The Kier molecular flexibility index (Phi) is 9.67. The largest absolute Gasteiger partial charge is 0.491 e. The number of aryl methyl sites for hydroxylation is 1. The highest BCUT2D eigenvalue weighted by molar-refractivity contribution is 8.18. The van der Waals surface area contributed by atoms with Crippen LogP contribution in [0.5, 0.6) is 17.2 Å². The number of hydrogen-bond acceptors (Lipinski definition) is 8. The summed E-state index contributed by atoms with van der Waals surface area (Å²) < 4.78 is 17.6. The lowest BCUT2D eigenvalue weighted by atomic mass is 10.0. The number of rotatable bonds is 12. The molecule has 0 bridgehead atoms. The quantitative estimate of drug-likeness (QED) is 0.127. The Morgan fingerprint density at radius 2 is 1.78 bits per heavy atom. The Morgan fingerprint density at radius 1 is 0.976 bits per heavy atom. The van der Waals surface area contributed by atoms with Gasteiger partial charge in [-0.05, 0) is 78.1 Å². The van der Waals surface area contributed by atoms with Crippen molar-refractivity contribution in [2.24, 2.45) is 0 Å². The van der Waals surface area contributed by atoms with Crippen molar-refractivity contribution >= 4 is 34.7 Å². The van der Waals surface area contributed by atoms with Gasteiger partial charge < -0.3 is 14.2 Å². The van der Waals surface area contributed by atoms with Crippen LogP contribution in [0.3, 0.4) is 0 Å². The lowest BCUT2D eigenvalue weighted by Crippen LogP contribution is -2.32. The van der Waals surface area contributed by atoms with E-state index in [1.165, 1.54) is 17.0 Å². The van der Waals surface area contributed by atoms with Crippen molar-refractivity contribution < 1.29 is 28.7 Å². The van der Waals surface area contributed by atoms with Gasteiger partial charge in [-0.3, -0.25) is 24.6 Å². The van der Waals surface area contributed by atoms with Crippen molar-refractivity contribution in [1.82, 2.24) is 4.90 Å². The smallest absolute Gasteiger partial charge is 0.293 e. The summed E-state index contributed by atoms with van der Waals surface area (Å²) in [5.41, 5.74) is 3.45. The second-order valence-corrected chi connectivity index (χ2v) is 10.7. The fourth-order valence-electron chi connectivity index (χ4n) is 4.26. The molecule has 0 aliphatic carbocycles. The molecule has 1 saturated heterocycles. The highest BCUT2D eigenvalue weighted by atomic mass is 32.2. The predicted octanol–water partition coefficient (Wildman–Crippen LogP) is 7.12. The van der Waals surface area contributed by atoms with Crippen molar-refractivity contribution in [3.63, 3.8) is 0 Å². The molecule has 1 aliphatic rings. The summed E-state index contributed by atoms with van der Waals surface area (Å²) >= 11 is 0.884. The van der Waals surface area contributed by atoms with Crippen LogP contribution in [0.2, 0.25) is 0 Å². The molecule has 2 amide bonds. The van der Waals surface area contributed by atoms with Gasteiger partial charge in [-0.15, -0.1) is 0 Å². The van der Waals surface area contributed by atoms with Crippen LogP contribution in [-0.4, -0.2) is 40.7 Å². The van der Waals surface area contributed by atoms with Gasteiger partial charge >= 0.3 is 0 Å². The van der Waals surface area contributed by atoms with E-state index in [1.807, 2.05) is 32.0 Å². The van der Waals surface area contributed by atoms with E-state index in [4.69, 9.17) is 14.2 Å². The van der Waals surface area contributed by atoms with Crippen molar-refractivity contribution in [2.75, 3.05) is 19.8 Å². The van der Waals surface area contributed by atoms with E-state index in [0.717, 1.165) is 28.6 Å². The van der Waals surface area contributed by atoms with E-state index in [-0.39, 0.29) is 42.5 Å². The van der Waals surface area contributed by atoms with Crippen LogP contribution in [0, 0.1) is 17.0 Å². The average molecular weight is 577 g/mol. The van der Waals surface area contributed by atoms with Crippen LogP contribution in [-0.2, 0) is 11.4 Å². The van der Waals surface area contributed by atoms with Gasteiger partial charge in [0.1, 0.15) is 19.0 Å². The summed E-state index contributed by atoms with van der Waals surface area (Å²) in [5.74, 6) is 1.58. The SMILES string of the molecule is CCOc1cc(/C=C2\SC(=O)N(CCOc3cc(C)ccc3C(C)C)C2=O)ccc1OCc1cccc([N+](=O)[O-])c1. The molecular formula is C31H32N2O7S. The van der Waals surface area contributed by atoms with Gasteiger partial charge in [0.15, 0.2) is 11.5 Å². The van der Waals surface area contributed by atoms with E-state index < -0.39 is 4.92 Å². The Balaban J connectivity index is 1.43. The van der Waals surface area contributed by atoms with E-state index in [0.29, 0.717) is 34.1 Å². The number of nitro groups is 1. The third-order valence-corrected chi connectivity index (χ3v) is 7.23. The number of imide groups is 1. The molecule has 1 aliphatic heterocycles. The molecule has 10 heteroatoms. The summed E-state index contributed by atoms with van der Waals surface area (Å²) in [6, 6.07) is 17.5. The molecule has 0 saturated carbocycles. The number of thioether (sulfide) groups is 1. The van der Waals surface area contributed by atoms with Gasteiger partial charge in [-0.25, -0.2) is 0 Å². The molecule has 0 radical (unpaired) electrons. The molecule has 41 heavy (non-hydrogen) atoms. The number of carbonyl (C=O) groups excluding carboxylic acids is 2. The number of nitro benzene ring substituents is 1. The molecule has 3 aromatic carbocycles. The summed E-state index contributed by atoms with van der Waals surface area (Å²) in [4.78, 5) is 37.8. The van der Waals surface area contributed by atoms with Gasteiger partial charge in [0, 0.05) is 12.1 Å². The molecule has 3 aromatic rings. The standard InChI is InChI=1S/C31H32N2O7S/c1-5-38-28-17-22(10-12-26(28)40-19-23-7-6-8-24(16-23)33(36)37)18-29-30(34)32(31(35)41-29)13-14-39-27-15-21(4)9-11-25(27)20(2)3/h6-12,15-18,20H,5,13-14,19H2,1-4H3/b29-18-. The molecule has 0 spiro atoms. The van der Waals surface area contributed by atoms with Crippen molar-refractivity contribution in [3.8, 4) is 17.2 Å². The van der Waals surface area contributed by atoms with Crippen LogP contribution in [0.25, 0.3) is 6.08 Å². The van der Waals surface area contributed by atoms with Gasteiger partial charge in [0.05, 0.1) is 23.0 Å². The first-order valence-corrected chi connectivity index (χ1v) is 14.1. The van der Waals surface area contributed by atoms with Crippen molar-refractivity contribution in [1.29, 1.82) is 0 Å². The van der Waals surface area contributed by atoms with Gasteiger partial charge in [-0.1, -0.05) is 44.2 Å². The minimum absolute atomic E-state index is 0.0116. The van der Waals surface area contributed by atoms with Gasteiger partial charge in [-0.2, -0.15) is 0 Å². The van der Waals surface area contributed by atoms with Crippen LogP contribution >= 0.6 is 11.8 Å². The fraction of sp³-hybridized carbons (Fsp3) is 0.290. The first-order valence-electron chi connectivity index (χ1n) is 13.3. The number of hydrogen-bond donors (Lipinski definition) is 0. The summed E-state index contributed by atoms with van der Waals surface area (Å²) in [6.07, 6.45) is 1.65. The maximum atomic E-state index is 13.1. The average Bonchev–Trinajstić information content (AvgIpc) is 3.20. The van der Waals surface area contributed by atoms with E-state index in [9.17, 15) is 19.7 Å². The first kappa shape index (κ1) is 29.7. The molecule has 1 heterocycles.